The molecule has 2 aliphatic rings. The SMILES string of the molecule is C#CCN(CCCCCCC(=O)Nc1cccc2c1CN(C1CCC(=O)NC1=O)C2=O)CCN(C)c1cc(OC)c(Nc2nccc(-c3cn(C)c4ccccc34)n2)cc1NC(=O)C=C. The van der Waals surface area contributed by atoms with E-state index in [9.17, 15) is 24.0 Å². The summed E-state index contributed by atoms with van der Waals surface area (Å²) in [7, 11) is 5.53. The van der Waals surface area contributed by atoms with E-state index in [0.29, 0.717) is 72.4 Å². The zero-order valence-electron chi connectivity index (χ0n) is 37.0. The van der Waals surface area contributed by atoms with E-state index in [1.165, 1.54) is 11.0 Å². The summed E-state index contributed by atoms with van der Waals surface area (Å²) in [6.07, 6.45) is 14.8. The van der Waals surface area contributed by atoms with Gasteiger partial charge in [0.2, 0.25) is 29.6 Å². The Bertz CT molecular complexity index is 2670. The number of rotatable bonds is 20. The average Bonchev–Trinajstić information content (AvgIpc) is 3.82. The minimum atomic E-state index is -0.725. The molecule has 4 heterocycles. The van der Waals surface area contributed by atoms with Gasteiger partial charge in [0.25, 0.3) is 5.91 Å². The summed E-state index contributed by atoms with van der Waals surface area (Å²) in [5.41, 5.74) is 6.33. The monoisotopic (exact) mass is 878 g/mol. The summed E-state index contributed by atoms with van der Waals surface area (Å²) in [4.78, 5) is 78.0. The van der Waals surface area contributed by atoms with E-state index in [4.69, 9.17) is 16.1 Å². The van der Waals surface area contributed by atoms with Crippen LogP contribution in [0.15, 0.2) is 85.7 Å². The molecule has 336 valence electrons. The third kappa shape index (κ3) is 10.7. The van der Waals surface area contributed by atoms with Crippen LogP contribution in [0.4, 0.5) is 28.7 Å². The van der Waals surface area contributed by atoms with Crippen molar-refractivity contribution in [1.29, 1.82) is 0 Å². The number of nitrogens with one attached hydrogen (secondary N) is 4. The van der Waals surface area contributed by atoms with Gasteiger partial charge in [0.15, 0.2) is 0 Å². The Labute approximate surface area is 378 Å². The Morgan fingerprint density at radius 3 is 2.58 bits per heavy atom. The van der Waals surface area contributed by atoms with E-state index in [-0.39, 0.29) is 43.0 Å². The highest BCUT2D eigenvalue weighted by Gasteiger charge is 2.40. The summed E-state index contributed by atoms with van der Waals surface area (Å²) in [5, 5.41) is 12.6. The van der Waals surface area contributed by atoms with E-state index in [1.807, 2.05) is 49.5 Å². The van der Waals surface area contributed by atoms with Gasteiger partial charge in [-0.05, 0) is 62.2 Å². The predicted molar refractivity (Wildman–Crippen MR) is 252 cm³/mol. The van der Waals surface area contributed by atoms with Crippen molar-refractivity contribution in [3.63, 3.8) is 0 Å². The van der Waals surface area contributed by atoms with Crippen LogP contribution in [0.5, 0.6) is 5.75 Å². The number of nitrogens with zero attached hydrogens (tertiary/aromatic N) is 6. The number of piperidine rings is 1. The number of fused-ring (bicyclic) bond motifs is 2. The number of para-hydroxylation sites is 1. The zero-order chi connectivity index (χ0) is 46.0. The maximum Gasteiger partial charge on any atom is 0.255 e. The molecule has 3 aromatic carbocycles. The highest BCUT2D eigenvalue weighted by Crippen LogP contribution is 2.39. The van der Waals surface area contributed by atoms with Gasteiger partial charge in [0.1, 0.15) is 11.8 Å². The van der Waals surface area contributed by atoms with Crippen molar-refractivity contribution in [2.75, 3.05) is 61.2 Å². The molecule has 16 heteroatoms. The number of aromatic nitrogens is 3. The number of hydrogen-bond acceptors (Lipinski definition) is 11. The number of likely N-dealkylation sites (N-methyl/N-ethyl adjacent to an activating group) is 1. The second kappa shape index (κ2) is 20.8. The van der Waals surface area contributed by atoms with E-state index < -0.39 is 11.9 Å². The first-order valence-electron chi connectivity index (χ1n) is 21.7. The molecule has 0 radical (unpaired) electrons. The van der Waals surface area contributed by atoms with Crippen LogP contribution in [0, 0.1) is 12.3 Å². The van der Waals surface area contributed by atoms with Gasteiger partial charge in [-0.25, -0.2) is 9.97 Å². The molecule has 1 fully saturated rings. The van der Waals surface area contributed by atoms with Gasteiger partial charge in [-0.2, -0.15) is 0 Å². The van der Waals surface area contributed by atoms with Crippen LogP contribution in [0.3, 0.4) is 0 Å². The van der Waals surface area contributed by atoms with Gasteiger partial charge in [-0.3, -0.25) is 34.2 Å². The number of ether oxygens (including phenoxy) is 1. The summed E-state index contributed by atoms with van der Waals surface area (Å²) in [6, 6.07) is 18.1. The Balaban J connectivity index is 0.911. The number of imide groups is 1. The second-order valence-corrected chi connectivity index (χ2v) is 16.2. The van der Waals surface area contributed by atoms with Gasteiger partial charge in [-0.15, -0.1) is 6.42 Å². The molecule has 0 aliphatic carbocycles. The smallest absolute Gasteiger partial charge is 0.255 e. The largest absolute Gasteiger partial charge is 0.494 e. The van der Waals surface area contributed by atoms with Crippen molar-refractivity contribution in [1.82, 2.24) is 29.7 Å². The van der Waals surface area contributed by atoms with Crippen molar-refractivity contribution in [3.05, 3.63) is 96.8 Å². The zero-order valence-corrected chi connectivity index (χ0v) is 37.0. The maximum atomic E-state index is 13.2. The molecule has 0 bridgehead atoms. The van der Waals surface area contributed by atoms with E-state index in [1.54, 1.807) is 37.6 Å². The summed E-state index contributed by atoms with van der Waals surface area (Å²) >= 11 is 0. The molecule has 4 N–H and O–H groups in total. The number of carbonyl (C=O) groups excluding carboxylic acids is 5. The Morgan fingerprint density at radius 2 is 1.80 bits per heavy atom. The minimum Gasteiger partial charge on any atom is -0.494 e. The molecule has 0 saturated carbocycles. The summed E-state index contributed by atoms with van der Waals surface area (Å²) in [5.74, 6) is 2.04. The van der Waals surface area contributed by atoms with E-state index in [0.717, 1.165) is 53.7 Å². The number of aryl methyl sites for hydroxylation is 1. The highest BCUT2D eigenvalue weighted by atomic mass is 16.5. The number of hydrogen-bond donors (Lipinski definition) is 4. The lowest BCUT2D eigenvalue weighted by Gasteiger charge is -2.29. The molecule has 5 aromatic rings. The summed E-state index contributed by atoms with van der Waals surface area (Å²) < 4.78 is 7.91. The maximum absolute atomic E-state index is 13.2. The van der Waals surface area contributed by atoms with Crippen molar-refractivity contribution >= 4 is 69.1 Å². The second-order valence-electron chi connectivity index (χ2n) is 16.2. The lowest BCUT2D eigenvalue weighted by Crippen LogP contribution is -2.52. The van der Waals surface area contributed by atoms with Crippen LogP contribution < -0.4 is 30.9 Å². The fourth-order valence-electron chi connectivity index (χ4n) is 8.37. The quantitative estimate of drug-likeness (QED) is 0.0301. The fourth-order valence-corrected chi connectivity index (χ4v) is 8.37. The predicted octanol–water partition coefficient (Wildman–Crippen LogP) is 6.23. The molecule has 1 unspecified atom stereocenters. The molecule has 7 rings (SSSR count). The van der Waals surface area contributed by atoms with E-state index in [2.05, 4.69) is 60.4 Å². The molecule has 65 heavy (non-hydrogen) atoms. The number of amides is 5. The molecule has 2 aromatic heterocycles. The van der Waals surface area contributed by atoms with Crippen molar-refractivity contribution < 1.29 is 28.7 Å². The van der Waals surface area contributed by atoms with Gasteiger partial charge in [-0.1, -0.05) is 49.6 Å². The Hall–Kier alpha value is -7.51. The fraction of sp³-hybridized carbons (Fsp3) is 0.327. The minimum absolute atomic E-state index is 0.147. The molecular formula is C49H54N10O6. The normalized spacial score (nSPS) is 14.5. The third-order valence-corrected chi connectivity index (χ3v) is 11.8. The van der Waals surface area contributed by atoms with Gasteiger partial charge < -0.3 is 35.1 Å². The van der Waals surface area contributed by atoms with Crippen LogP contribution in [-0.4, -0.2) is 100 Å². The number of benzene rings is 3. The third-order valence-electron chi connectivity index (χ3n) is 11.8. The summed E-state index contributed by atoms with van der Waals surface area (Å²) in [6.45, 7) is 6.30. The number of terminal acetylenes is 1. The molecule has 1 saturated heterocycles. The standard InChI is InChI=1S/C49H54N10O6/c1-6-24-58(25-13-9-8-10-19-45(61)51-36-17-14-16-33-35(36)31-59(48(33)64)41-20-21-46(62)55-47(41)63)27-26-56(3)42-29-43(65-5)39(28-38(42)52-44(60)7-2)54-49-50-23-22-37(53-49)34-30-57(4)40-18-12-11-15-32(34)40/h1,7,11-12,14-18,22-23,28-30,41H,2,8-10,13,19-21,24-27,31H2,3-5H3,(H,51,61)(H,52,60)(H,50,53,54)(H,55,62,63). The molecule has 5 amide bonds. The van der Waals surface area contributed by atoms with Crippen LogP contribution in [0.1, 0.15) is 60.9 Å². The first-order chi connectivity index (χ1) is 31.5. The van der Waals surface area contributed by atoms with Gasteiger partial charge >= 0.3 is 0 Å². The number of unbranched alkanes of at least 4 members (excludes halogenated alkanes) is 3. The van der Waals surface area contributed by atoms with Crippen molar-refractivity contribution in [3.8, 4) is 29.4 Å². The van der Waals surface area contributed by atoms with Crippen LogP contribution >= 0.6 is 0 Å². The Morgan fingerprint density at radius 1 is 0.985 bits per heavy atom. The number of methoxy groups -OCH3 is 1. The molecule has 16 nitrogen and oxygen atoms in total. The topological polar surface area (TPSA) is 183 Å². The Kier molecular flexibility index (Phi) is 14.6. The van der Waals surface area contributed by atoms with Crippen LogP contribution in [-0.2, 0) is 32.8 Å². The van der Waals surface area contributed by atoms with Gasteiger partial charge in [0.05, 0.1) is 36.4 Å². The van der Waals surface area contributed by atoms with Crippen molar-refractivity contribution in [2.45, 2.75) is 57.5 Å². The molecule has 1 atom stereocenters. The molecule has 0 spiro atoms. The van der Waals surface area contributed by atoms with Gasteiger partial charge in [0, 0.05) is 98.3 Å². The first kappa shape index (κ1) is 45.5. The van der Waals surface area contributed by atoms with Crippen LogP contribution in [0.25, 0.3) is 22.2 Å². The lowest BCUT2D eigenvalue weighted by molar-refractivity contribution is -0.137. The number of carbonyl (C=O) groups is 5. The van der Waals surface area contributed by atoms with E-state index >= 15 is 0 Å². The molecule has 2 aliphatic heterocycles. The average molecular weight is 879 g/mol. The first-order valence-corrected chi connectivity index (χ1v) is 21.7. The lowest BCUT2D eigenvalue weighted by atomic mass is 10.0. The molecular weight excluding hydrogens is 825 g/mol. The van der Waals surface area contributed by atoms with Crippen molar-refractivity contribution in [2.24, 2.45) is 7.05 Å². The highest BCUT2D eigenvalue weighted by molar-refractivity contribution is 6.07. The van der Waals surface area contributed by atoms with Crippen LogP contribution in [0.2, 0.25) is 0 Å². The number of anilines is 5.